The van der Waals surface area contributed by atoms with Crippen LogP contribution in [0, 0.1) is 0 Å². The maximum absolute atomic E-state index is 10.7. The Hall–Kier alpha value is -1.55. The van der Waals surface area contributed by atoms with Gasteiger partial charge in [0.1, 0.15) is 5.75 Å². The fourth-order valence-electron chi connectivity index (χ4n) is 1.69. The summed E-state index contributed by atoms with van der Waals surface area (Å²) in [5, 5.41) is 20.1. The van der Waals surface area contributed by atoms with Crippen LogP contribution in [0.1, 0.15) is 5.56 Å². The second kappa shape index (κ2) is 4.14. The average Bonchev–Trinajstić information content (AvgIpc) is 2.22. The SMILES string of the molecule is O=C(O)Cc1c(O)ccc2cc(Br)ccc12. The molecule has 82 valence electrons. The molecule has 2 aromatic carbocycles. The Morgan fingerprint density at radius 2 is 2.00 bits per heavy atom. The van der Waals surface area contributed by atoms with Crippen LogP contribution in [0.25, 0.3) is 10.8 Å². The Kier molecular flexibility index (Phi) is 2.83. The van der Waals surface area contributed by atoms with Gasteiger partial charge in [-0.2, -0.15) is 0 Å². The van der Waals surface area contributed by atoms with Crippen LogP contribution < -0.4 is 0 Å². The Bertz CT molecular complexity index is 563. The van der Waals surface area contributed by atoms with E-state index < -0.39 is 5.97 Å². The third-order valence-electron chi connectivity index (χ3n) is 2.40. The zero-order valence-corrected chi connectivity index (χ0v) is 9.86. The predicted molar refractivity (Wildman–Crippen MR) is 64.7 cm³/mol. The number of hydrogen-bond acceptors (Lipinski definition) is 2. The summed E-state index contributed by atoms with van der Waals surface area (Å²) in [6.07, 6.45) is -0.176. The molecule has 0 spiro atoms. The maximum Gasteiger partial charge on any atom is 0.307 e. The van der Waals surface area contributed by atoms with E-state index >= 15 is 0 Å². The van der Waals surface area contributed by atoms with Crippen molar-refractivity contribution in [3.8, 4) is 5.75 Å². The molecule has 0 atom stereocenters. The molecule has 0 radical (unpaired) electrons. The summed E-state index contributed by atoms with van der Waals surface area (Å²) in [6.45, 7) is 0. The van der Waals surface area contributed by atoms with Crippen LogP contribution in [0.5, 0.6) is 5.75 Å². The number of aromatic hydroxyl groups is 1. The Balaban J connectivity index is 2.69. The van der Waals surface area contributed by atoms with Crippen molar-refractivity contribution in [1.82, 2.24) is 0 Å². The van der Waals surface area contributed by atoms with Gasteiger partial charge in [-0.25, -0.2) is 0 Å². The second-order valence-electron chi connectivity index (χ2n) is 3.50. The summed E-state index contributed by atoms with van der Waals surface area (Å²) < 4.78 is 0.923. The van der Waals surface area contributed by atoms with Crippen LogP contribution in [0.3, 0.4) is 0 Å². The first-order valence-electron chi connectivity index (χ1n) is 4.70. The standard InChI is InChI=1S/C12H9BrO3/c13-8-2-3-9-7(5-8)1-4-11(14)10(9)6-12(15)16/h1-5,14H,6H2,(H,15,16). The lowest BCUT2D eigenvalue weighted by molar-refractivity contribution is -0.136. The molecule has 0 saturated carbocycles. The van der Waals surface area contributed by atoms with Crippen LogP contribution >= 0.6 is 15.9 Å². The second-order valence-corrected chi connectivity index (χ2v) is 4.41. The molecule has 3 nitrogen and oxygen atoms in total. The number of carboxylic acid groups (broad SMARTS) is 1. The molecule has 0 saturated heterocycles. The topological polar surface area (TPSA) is 57.5 Å². The number of carboxylic acids is 1. The van der Waals surface area contributed by atoms with Crippen LogP contribution in [-0.4, -0.2) is 16.2 Å². The van der Waals surface area contributed by atoms with Crippen molar-refractivity contribution in [2.45, 2.75) is 6.42 Å². The van der Waals surface area contributed by atoms with Crippen molar-refractivity contribution in [3.63, 3.8) is 0 Å². The number of phenolic OH excluding ortho intramolecular Hbond substituents is 1. The molecule has 0 bridgehead atoms. The van der Waals surface area contributed by atoms with Crippen LogP contribution in [0.2, 0.25) is 0 Å². The van der Waals surface area contributed by atoms with Crippen LogP contribution in [0.4, 0.5) is 0 Å². The van der Waals surface area contributed by atoms with Gasteiger partial charge < -0.3 is 10.2 Å². The Morgan fingerprint density at radius 3 is 2.69 bits per heavy atom. The van der Waals surface area contributed by atoms with Gasteiger partial charge in [-0.15, -0.1) is 0 Å². The maximum atomic E-state index is 10.7. The molecule has 0 unspecified atom stereocenters. The zero-order valence-electron chi connectivity index (χ0n) is 8.27. The number of carbonyl (C=O) groups is 1. The Morgan fingerprint density at radius 1 is 1.25 bits per heavy atom. The van der Waals surface area contributed by atoms with E-state index in [2.05, 4.69) is 15.9 Å². The Labute approximate surface area is 100 Å². The monoisotopic (exact) mass is 280 g/mol. The summed E-state index contributed by atoms with van der Waals surface area (Å²) in [4.78, 5) is 10.7. The lowest BCUT2D eigenvalue weighted by atomic mass is 10.0. The molecule has 0 aliphatic carbocycles. The van der Waals surface area contributed by atoms with Crippen molar-refractivity contribution >= 4 is 32.7 Å². The first kappa shape index (κ1) is 11.0. The van der Waals surface area contributed by atoms with Gasteiger partial charge in [0.25, 0.3) is 0 Å². The largest absolute Gasteiger partial charge is 0.508 e. The van der Waals surface area contributed by atoms with Gasteiger partial charge in [-0.05, 0) is 29.0 Å². The van der Waals surface area contributed by atoms with E-state index in [1.807, 2.05) is 12.1 Å². The molecular formula is C12H9BrO3. The molecule has 4 heteroatoms. The van der Waals surface area contributed by atoms with E-state index in [1.54, 1.807) is 12.1 Å². The predicted octanol–water partition coefficient (Wildman–Crippen LogP) is 2.94. The van der Waals surface area contributed by atoms with Crippen molar-refractivity contribution in [2.24, 2.45) is 0 Å². The van der Waals surface area contributed by atoms with Gasteiger partial charge in [0.05, 0.1) is 6.42 Å². The normalized spacial score (nSPS) is 10.6. The van der Waals surface area contributed by atoms with E-state index in [0.29, 0.717) is 5.56 Å². The van der Waals surface area contributed by atoms with Crippen molar-refractivity contribution < 1.29 is 15.0 Å². The highest BCUT2D eigenvalue weighted by atomic mass is 79.9. The number of rotatable bonds is 2. The first-order valence-corrected chi connectivity index (χ1v) is 5.49. The minimum atomic E-state index is -0.953. The smallest absolute Gasteiger partial charge is 0.307 e. The quantitative estimate of drug-likeness (QED) is 0.889. The number of benzene rings is 2. The van der Waals surface area contributed by atoms with Crippen molar-refractivity contribution in [1.29, 1.82) is 0 Å². The fourth-order valence-corrected chi connectivity index (χ4v) is 2.07. The number of hydrogen-bond donors (Lipinski definition) is 2. The molecule has 2 rings (SSSR count). The highest BCUT2D eigenvalue weighted by Gasteiger charge is 2.10. The van der Waals surface area contributed by atoms with E-state index in [0.717, 1.165) is 15.2 Å². The van der Waals surface area contributed by atoms with E-state index in [4.69, 9.17) is 5.11 Å². The number of phenols is 1. The zero-order chi connectivity index (χ0) is 11.7. The van der Waals surface area contributed by atoms with Gasteiger partial charge in [0.2, 0.25) is 0 Å². The number of fused-ring (bicyclic) bond motifs is 1. The number of halogens is 1. The minimum absolute atomic E-state index is 0.0252. The minimum Gasteiger partial charge on any atom is -0.508 e. The third kappa shape index (κ3) is 2.02. The molecule has 0 fully saturated rings. The van der Waals surface area contributed by atoms with Gasteiger partial charge in [-0.3, -0.25) is 4.79 Å². The molecular weight excluding hydrogens is 272 g/mol. The van der Waals surface area contributed by atoms with Gasteiger partial charge >= 0.3 is 5.97 Å². The summed E-state index contributed by atoms with van der Waals surface area (Å²) in [7, 11) is 0. The van der Waals surface area contributed by atoms with Crippen LogP contribution in [0.15, 0.2) is 34.8 Å². The highest BCUT2D eigenvalue weighted by Crippen LogP contribution is 2.29. The van der Waals surface area contributed by atoms with Gasteiger partial charge in [0, 0.05) is 10.0 Å². The summed E-state index contributed by atoms with van der Waals surface area (Å²) in [5.74, 6) is -0.928. The van der Waals surface area contributed by atoms with Crippen molar-refractivity contribution in [2.75, 3.05) is 0 Å². The third-order valence-corrected chi connectivity index (χ3v) is 2.89. The van der Waals surface area contributed by atoms with Crippen LogP contribution in [-0.2, 0) is 11.2 Å². The van der Waals surface area contributed by atoms with E-state index in [-0.39, 0.29) is 12.2 Å². The highest BCUT2D eigenvalue weighted by molar-refractivity contribution is 9.10. The molecule has 2 N–H and O–H groups in total. The average molecular weight is 281 g/mol. The summed E-state index contributed by atoms with van der Waals surface area (Å²) in [5.41, 5.74) is 0.456. The molecule has 0 aliphatic heterocycles. The molecule has 2 aromatic rings. The van der Waals surface area contributed by atoms with E-state index in [1.165, 1.54) is 6.07 Å². The lowest BCUT2D eigenvalue weighted by Gasteiger charge is -2.07. The summed E-state index contributed by atoms with van der Waals surface area (Å²) >= 11 is 3.35. The molecule has 0 amide bonds. The first-order chi connectivity index (χ1) is 7.58. The molecule has 0 aliphatic rings. The summed E-state index contributed by atoms with van der Waals surface area (Å²) in [6, 6.07) is 8.80. The van der Waals surface area contributed by atoms with Crippen molar-refractivity contribution in [3.05, 3.63) is 40.4 Å². The number of aliphatic carboxylic acids is 1. The molecule has 0 aromatic heterocycles. The fraction of sp³-hybridized carbons (Fsp3) is 0.0833. The van der Waals surface area contributed by atoms with E-state index in [9.17, 15) is 9.90 Å². The van der Waals surface area contributed by atoms with Gasteiger partial charge in [0.15, 0.2) is 0 Å². The lowest BCUT2D eigenvalue weighted by Crippen LogP contribution is -2.01. The molecule has 16 heavy (non-hydrogen) atoms. The van der Waals surface area contributed by atoms with Gasteiger partial charge in [-0.1, -0.05) is 28.1 Å². The molecule has 0 heterocycles.